The van der Waals surface area contributed by atoms with Gasteiger partial charge in [0.1, 0.15) is 0 Å². The smallest absolute Gasteiger partial charge is 0.294 e. The van der Waals surface area contributed by atoms with Crippen LogP contribution in [-0.2, 0) is 10.1 Å². The summed E-state index contributed by atoms with van der Waals surface area (Å²) in [5, 5.41) is 1.86. The van der Waals surface area contributed by atoms with Crippen molar-refractivity contribution in [3.05, 3.63) is 36.4 Å². The van der Waals surface area contributed by atoms with E-state index in [0.717, 1.165) is 29.5 Å². The van der Waals surface area contributed by atoms with Gasteiger partial charge in [-0.05, 0) is 36.4 Å². The van der Waals surface area contributed by atoms with Gasteiger partial charge in [0.25, 0.3) is 10.1 Å². The predicted octanol–water partition coefficient (Wildman–Crippen LogP) is 2.69. The summed E-state index contributed by atoms with van der Waals surface area (Å²) < 4.78 is 31.4. The Hall–Kier alpha value is -1.59. The molecule has 0 aromatic heterocycles. The van der Waals surface area contributed by atoms with Crippen LogP contribution in [0.1, 0.15) is 12.8 Å². The molecule has 0 aliphatic carbocycles. The normalized spacial score (nSPS) is 16.2. The fourth-order valence-corrected chi connectivity index (χ4v) is 3.15. The van der Waals surface area contributed by atoms with E-state index in [1.807, 2.05) is 12.1 Å². The van der Waals surface area contributed by atoms with Gasteiger partial charge in [0.05, 0.1) is 4.90 Å². The molecular weight excluding hydrogens is 262 g/mol. The number of benzene rings is 2. The van der Waals surface area contributed by atoms with Crippen molar-refractivity contribution in [2.75, 3.05) is 18.0 Å². The lowest BCUT2D eigenvalue weighted by molar-refractivity contribution is 0.483. The van der Waals surface area contributed by atoms with Crippen LogP contribution in [0.3, 0.4) is 0 Å². The van der Waals surface area contributed by atoms with E-state index in [-0.39, 0.29) is 4.90 Å². The molecule has 5 heteroatoms. The van der Waals surface area contributed by atoms with Crippen LogP contribution in [0.5, 0.6) is 0 Å². The number of hydrogen-bond donors (Lipinski definition) is 1. The third-order valence-corrected chi connectivity index (χ3v) is 4.42. The number of hydrogen-bond acceptors (Lipinski definition) is 3. The second kappa shape index (κ2) is 4.51. The summed E-state index contributed by atoms with van der Waals surface area (Å²) in [7, 11) is -4.14. The molecule has 0 amide bonds. The third kappa shape index (κ3) is 2.31. The highest BCUT2D eigenvalue weighted by Crippen LogP contribution is 2.30. The molecule has 1 aliphatic heterocycles. The summed E-state index contributed by atoms with van der Waals surface area (Å²) in [6.45, 7) is 2.08. The van der Waals surface area contributed by atoms with Crippen LogP contribution in [0.4, 0.5) is 5.69 Å². The molecule has 100 valence electrons. The topological polar surface area (TPSA) is 57.6 Å². The van der Waals surface area contributed by atoms with Crippen molar-refractivity contribution in [2.45, 2.75) is 17.7 Å². The maximum absolute atomic E-state index is 11.2. The fraction of sp³-hybridized carbons (Fsp3) is 0.286. The van der Waals surface area contributed by atoms with Gasteiger partial charge in [-0.2, -0.15) is 8.42 Å². The average Bonchev–Trinajstić information content (AvgIpc) is 2.90. The van der Waals surface area contributed by atoms with E-state index in [1.165, 1.54) is 25.0 Å². The minimum absolute atomic E-state index is 0.0569. The molecule has 1 heterocycles. The molecule has 19 heavy (non-hydrogen) atoms. The Morgan fingerprint density at radius 1 is 1.05 bits per heavy atom. The van der Waals surface area contributed by atoms with Crippen molar-refractivity contribution in [1.29, 1.82) is 0 Å². The summed E-state index contributed by atoms with van der Waals surface area (Å²) >= 11 is 0. The zero-order valence-electron chi connectivity index (χ0n) is 10.4. The summed E-state index contributed by atoms with van der Waals surface area (Å²) in [4.78, 5) is 2.26. The van der Waals surface area contributed by atoms with Gasteiger partial charge in [0, 0.05) is 24.2 Å². The van der Waals surface area contributed by atoms with E-state index in [1.54, 1.807) is 6.07 Å². The van der Waals surface area contributed by atoms with E-state index in [9.17, 15) is 8.42 Å². The fourth-order valence-electron chi connectivity index (χ4n) is 2.64. The lowest BCUT2D eigenvalue weighted by Gasteiger charge is -2.19. The molecule has 2 aromatic rings. The van der Waals surface area contributed by atoms with Crippen LogP contribution in [0.15, 0.2) is 41.3 Å². The van der Waals surface area contributed by atoms with E-state index in [4.69, 9.17) is 4.55 Å². The largest absolute Gasteiger partial charge is 0.371 e. The zero-order chi connectivity index (χ0) is 13.5. The monoisotopic (exact) mass is 277 g/mol. The van der Waals surface area contributed by atoms with Crippen LogP contribution in [0, 0.1) is 0 Å². The average molecular weight is 277 g/mol. The van der Waals surface area contributed by atoms with Crippen molar-refractivity contribution in [3.8, 4) is 0 Å². The van der Waals surface area contributed by atoms with Crippen LogP contribution in [-0.4, -0.2) is 26.1 Å². The van der Waals surface area contributed by atoms with E-state index in [2.05, 4.69) is 11.0 Å². The Morgan fingerprint density at radius 2 is 1.79 bits per heavy atom. The molecular formula is C14H15NO3S. The summed E-state index contributed by atoms with van der Waals surface area (Å²) in [6.07, 6.45) is 2.39. The molecule has 0 radical (unpaired) electrons. The molecule has 4 nitrogen and oxygen atoms in total. The Bertz CT molecular complexity index is 719. The standard InChI is InChI=1S/C14H15NO3S/c16-19(17,18)12-6-7-13-11(10-12)4-3-5-14(13)15-8-1-2-9-15/h3-7,10H,1-2,8-9H2,(H,16,17,18). The van der Waals surface area contributed by atoms with E-state index < -0.39 is 10.1 Å². The maximum atomic E-state index is 11.2. The SMILES string of the molecule is O=S(=O)(O)c1ccc2c(N3CCCC3)cccc2c1. The lowest BCUT2D eigenvalue weighted by Crippen LogP contribution is -2.17. The Kier molecular flexibility index (Phi) is 2.95. The third-order valence-electron chi connectivity index (χ3n) is 3.57. The van der Waals surface area contributed by atoms with Crippen LogP contribution in [0.2, 0.25) is 0 Å². The summed E-state index contributed by atoms with van der Waals surface area (Å²) in [5.41, 5.74) is 1.14. The van der Waals surface area contributed by atoms with Gasteiger partial charge in [-0.3, -0.25) is 4.55 Å². The molecule has 1 fully saturated rings. The van der Waals surface area contributed by atoms with Gasteiger partial charge in [-0.25, -0.2) is 0 Å². The van der Waals surface area contributed by atoms with Gasteiger partial charge in [-0.15, -0.1) is 0 Å². The van der Waals surface area contributed by atoms with Crippen molar-refractivity contribution >= 4 is 26.6 Å². The molecule has 1 aliphatic rings. The molecule has 0 unspecified atom stereocenters. The highest BCUT2D eigenvalue weighted by atomic mass is 32.2. The van der Waals surface area contributed by atoms with Gasteiger partial charge in [0.15, 0.2) is 0 Å². The summed E-state index contributed by atoms with van der Waals surface area (Å²) in [5.74, 6) is 0. The lowest BCUT2D eigenvalue weighted by atomic mass is 10.1. The Morgan fingerprint density at radius 3 is 2.47 bits per heavy atom. The van der Waals surface area contributed by atoms with Gasteiger partial charge in [0.2, 0.25) is 0 Å². The number of nitrogens with zero attached hydrogens (tertiary/aromatic N) is 1. The van der Waals surface area contributed by atoms with Crippen LogP contribution >= 0.6 is 0 Å². The predicted molar refractivity (Wildman–Crippen MR) is 75.2 cm³/mol. The number of fused-ring (bicyclic) bond motifs is 1. The van der Waals surface area contributed by atoms with Crippen molar-refractivity contribution in [2.24, 2.45) is 0 Å². The highest BCUT2D eigenvalue weighted by molar-refractivity contribution is 7.85. The highest BCUT2D eigenvalue weighted by Gasteiger charge is 2.16. The minimum atomic E-state index is -4.14. The molecule has 0 saturated carbocycles. The van der Waals surface area contributed by atoms with Gasteiger partial charge in [-0.1, -0.05) is 18.2 Å². The van der Waals surface area contributed by atoms with E-state index >= 15 is 0 Å². The first kappa shape index (κ1) is 12.4. The molecule has 1 saturated heterocycles. The first-order chi connectivity index (χ1) is 9.05. The van der Waals surface area contributed by atoms with Gasteiger partial charge < -0.3 is 4.90 Å². The molecule has 2 aromatic carbocycles. The van der Waals surface area contributed by atoms with Crippen molar-refractivity contribution in [3.63, 3.8) is 0 Å². The Balaban J connectivity index is 2.16. The minimum Gasteiger partial charge on any atom is -0.371 e. The number of rotatable bonds is 2. The summed E-state index contributed by atoms with van der Waals surface area (Å²) in [6, 6.07) is 10.6. The van der Waals surface area contributed by atoms with Crippen molar-refractivity contribution in [1.82, 2.24) is 0 Å². The van der Waals surface area contributed by atoms with Gasteiger partial charge >= 0.3 is 0 Å². The second-order valence-corrected chi connectivity index (χ2v) is 6.25. The molecule has 1 N–H and O–H groups in total. The Labute approximate surface area is 112 Å². The number of anilines is 1. The maximum Gasteiger partial charge on any atom is 0.294 e. The second-order valence-electron chi connectivity index (χ2n) is 4.83. The van der Waals surface area contributed by atoms with E-state index in [0.29, 0.717) is 0 Å². The molecule has 0 atom stereocenters. The first-order valence-corrected chi connectivity index (χ1v) is 7.75. The molecule has 0 spiro atoms. The molecule has 0 bridgehead atoms. The van der Waals surface area contributed by atoms with Crippen LogP contribution < -0.4 is 4.90 Å². The quantitative estimate of drug-likeness (QED) is 0.857. The molecule has 3 rings (SSSR count). The van der Waals surface area contributed by atoms with Crippen LogP contribution in [0.25, 0.3) is 10.8 Å². The first-order valence-electron chi connectivity index (χ1n) is 6.31. The van der Waals surface area contributed by atoms with Crippen molar-refractivity contribution < 1.29 is 13.0 Å². The zero-order valence-corrected chi connectivity index (χ0v) is 11.2.